The summed E-state index contributed by atoms with van der Waals surface area (Å²) in [6.07, 6.45) is 2.23. The summed E-state index contributed by atoms with van der Waals surface area (Å²) in [4.78, 5) is 22.5. The number of carbonyl (C=O) groups is 2. The molecule has 0 unspecified atom stereocenters. The molecule has 5 atom stereocenters. The Morgan fingerprint density at radius 1 is 1.15 bits per heavy atom. The predicted octanol–water partition coefficient (Wildman–Crippen LogP) is 4.08. The van der Waals surface area contributed by atoms with E-state index in [-0.39, 0.29) is 35.3 Å². The Balaban J connectivity index is 1.88. The van der Waals surface area contributed by atoms with Crippen LogP contribution in [0.25, 0.3) is 0 Å². The van der Waals surface area contributed by atoms with Crippen LogP contribution in [-0.4, -0.2) is 25.2 Å². The van der Waals surface area contributed by atoms with Gasteiger partial charge in [-0.2, -0.15) is 0 Å². The number of esters is 2. The summed E-state index contributed by atoms with van der Waals surface area (Å²) in [6.45, 7) is 10.3. The van der Waals surface area contributed by atoms with Crippen LogP contribution < -0.4 is 4.74 Å². The Bertz CT molecular complexity index is 750. The minimum absolute atomic E-state index is 0.0689. The molecule has 2 bridgehead atoms. The minimum atomic E-state index is -0.333. The van der Waals surface area contributed by atoms with Crippen LogP contribution >= 0.6 is 0 Å². The van der Waals surface area contributed by atoms with Crippen LogP contribution in [0.3, 0.4) is 0 Å². The summed E-state index contributed by atoms with van der Waals surface area (Å²) in [6, 6.07) is 7.52. The third-order valence-electron chi connectivity index (χ3n) is 6.26. The maximum atomic E-state index is 11.4. The first-order valence-corrected chi connectivity index (χ1v) is 9.46. The molecule has 0 amide bonds. The van der Waals surface area contributed by atoms with E-state index in [0.717, 1.165) is 5.56 Å². The Kier molecular flexibility index (Phi) is 5.43. The van der Waals surface area contributed by atoms with Crippen molar-refractivity contribution in [2.24, 2.45) is 23.2 Å². The molecule has 1 aromatic carbocycles. The lowest BCUT2D eigenvalue weighted by atomic mass is 9.56. The van der Waals surface area contributed by atoms with E-state index in [2.05, 4.69) is 26.8 Å². The van der Waals surface area contributed by atoms with E-state index in [1.807, 2.05) is 12.1 Å². The van der Waals surface area contributed by atoms with E-state index >= 15 is 0 Å². The van der Waals surface area contributed by atoms with Gasteiger partial charge in [-0.15, -0.1) is 0 Å². The lowest BCUT2D eigenvalue weighted by Crippen LogP contribution is -2.54. The van der Waals surface area contributed by atoms with Crippen molar-refractivity contribution in [1.82, 2.24) is 0 Å². The number of allylic oxidation sites excluding steroid dienone is 1. The average Bonchev–Trinajstić information content (AvgIpc) is 2.59. The van der Waals surface area contributed by atoms with Crippen molar-refractivity contribution in [2.75, 3.05) is 13.2 Å². The van der Waals surface area contributed by atoms with Gasteiger partial charge in [0, 0.05) is 25.2 Å². The zero-order chi connectivity index (χ0) is 19.8. The average molecular weight is 372 g/mol. The standard InChI is InChI=1S/C22H28O5/c1-13-10-14(2)22(11-25-16(4)23)12-26-21(20(13)15(22)3)18-6-8-19(9-7-18)27-17(5)24/h6-10,14-15,20-21H,11-12H2,1-5H3/t14-,15-,20+,21+,22+/m0/s1. The highest BCUT2D eigenvalue weighted by atomic mass is 16.5. The fourth-order valence-corrected chi connectivity index (χ4v) is 4.69. The van der Waals surface area contributed by atoms with Gasteiger partial charge >= 0.3 is 11.9 Å². The lowest BCUT2D eigenvalue weighted by molar-refractivity contribution is -0.180. The van der Waals surface area contributed by atoms with Crippen molar-refractivity contribution in [3.05, 3.63) is 41.5 Å². The van der Waals surface area contributed by atoms with Crippen LogP contribution in [0.4, 0.5) is 0 Å². The Labute approximate surface area is 160 Å². The summed E-state index contributed by atoms with van der Waals surface area (Å²) >= 11 is 0. The molecule has 0 saturated carbocycles. The monoisotopic (exact) mass is 372 g/mol. The molecule has 2 aliphatic rings. The molecule has 0 aromatic heterocycles. The molecule has 5 nitrogen and oxygen atoms in total. The summed E-state index contributed by atoms with van der Waals surface area (Å²) < 4.78 is 16.9. The number of carbonyl (C=O) groups excluding carboxylic acids is 2. The van der Waals surface area contributed by atoms with E-state index in [9.17, 15) is 9.59 Å². The van der Waals surface area contributed by atoms with Crippen LogP contribution in [0.1, 0.15) is 46.3 Å². The first-order valence-electron chi connectivity index (χ1n) is 9.46. The summed E-state index contributed by atoms with van der Waals surface area (Å²) in [7, 11) is 0. The summed E-state index contributed by atoms with van der Waals surface area (Å²) in [5.74, 6) is 0.739. The molecule has 3 rings (SSSR count). The van der Waals surface area contributed by atoms with E-state index in [4.69, 9.17) is 14.2 Å². The van der Waals surface area contributed by atoms with Gasteiger partial charge in [0.2, 0.25) is 0 Å². The first-order chi connectivity index (χ1) is 12.7. The quantitative estimate of drug-likeness (QED) is 0.453. The van der Waals surface area contributed by atoms with Crippen molar-refractivity contribution in [3.63, 3.8) is 0 Å². The summed E-state index contributed by atoms with van der Waals surface area (Å²) in [5.41, 5.74) is 2.16. The molecule has 1 aliphatic carbocycles. The van der Waals surface area contributed by atoms with E-state index < -0.39 is 0 Å². The zero-order valence-electron chi connectivity index (χ0n) is 16.7. The topological polar surface area (TPSA) is 61.8 Å². The number of benzene rings is 1. The summed E-state index contributed by atoms with van der Waals surface area (Å²) in [5, 5.41) is 0. The van der Waals surface area contributed by atoms with Crippen LogP contribution in [0.2, 0.25) is 0 Å². The van der Waals surface area contributed by atoms with Crippen LogP contribution in [0, 0.1) is 23.2 Å². The number of rotatable bonds is 4. The number of fused-ring (bicyclic) bond motifs is 2. The molecule has 5 heteroatoms. The van der Waals surface area contributed by atoms with Gasteiger partial charge in [0.25, 0.3) is 0 Å². The van der Waals surface area contributed by atoms with Crippen molar-refractivity contribution in [1.29, 1.82) is 0 Å². The molecular weight excluding hydrogens is 344 g/mol. The number of hydrogen-bond acceptors (Lipinski definition) is 5. The highest BCUT2D eigenvalue weighted by Gasteiger charge is 2.54. The second kappa shape index (κ2) is 7.47. The molecule has 1 fully saturated rings. The van der Waals surface area contributed by atoms with Gasteiger partial charge in [0.15, 0.2) is 0 Å². The van der Waals surface area contributed by atoms with Gasteiger partial charge in [0.1, 0.15) is 5.75 Å². The molecular formula is C22H28O5. The SMILES string of the molecule is CC(=O)OC[C@@]12CO[C@H](c3ccc(OC(C)=O)cc3)[C@H](C(C)=C[C@@H]1C)[C@@H]2C. The largest absolute Gasteiger partial charge is 0.465 e. The lowest BCUT2D eigenvalue weighted by Gasteiger charge is -2.55. The van der Waals surface area contributed by atoms with Crippen molar-refractivity contribution >= 4 is 11.9 Å². The normalized spacial score (nSPS) is 32.4. The second-order valence-electron chi connectivity index (χ2n) is 7.92. The number of ether oxygens (including phenoxy) is 3. The molecule has 1 heterocycles. The Hall–Kier alpha value is -2.14. The molecule has 1 saturated heterocycles. The fraction of sp³-hybridized carbons (Fsp3) is 0.545. The molecule has 1 aliphatic heterocycles. The van der Waals surface area contributed by atoms with Crippen molar-refractivity contribution in [2.45, 2.75) is 40.7 Å². The van der Waals surface area contributed by atoms with Gasteiger partial charge in [-0.05, 0) is 36.5 Å². The third-order valence-corrected chi connectivity index (χ3v) is 6.26. The second-order valence-corrected chi connectivity index (χ2v) is 7.92. The third kappa shape index (κ3) is 3.65. The highest BCUT2D eigenvalue weighted by Crippen LogP contribution is 2.56. The molecule has 1 aromatic rings. The minimum Gasteiger partial charge on any atom is -0.465 e. The fourth-order valence-electron chi connectivity index (χ4n) is 4.69. The van der Waals surface area contributed by atoms with E-state index in [1.54, 1.807) is 12.1 Å². The molecule has 0 spiro atoms. The molecule has 0 radical (unpaired) electrons. The highest BCUT2D eigenvalue weighted by molar-refractivity contribution is 5.69. The van der Waals surface area contributed by atoms with Gasteiger partial charge in [-0.3, -0.25) is 9.59 Å². The molecule has 27 heavy (non-hydrogen) atoms. The van der Waals surface area contributed by atoms with Crippen molar-refractivity contribution in [3.8, 4) is 5.75 Å². The van der Waals surface area contributed by atoms with Gasteiger partial charge in [-0.25, -0.2) is 0 Å². The maximum Gasteiger partial charge on any atom is 0.308 e. The van der Waals surface area contributed by atoms with Gasteiger partial charge in [-0.1, -0.05) is 37.6 Å². The molecule has 0 N–H and O–H groups in total. The van der Waals surface area contributed by atoms with Crippen LogP contribution in [0.15, 0.2) is 35.9 Å². The van der Waals surface area contributed by atoms with Crippen LogP contribution in [-0.2, 0) is 19.1 Å². The maximum absolute atomic E-state index is 11.4. The smallest absolute Gasteiger partial charge is 0.308 e. The first kappa shape index (κ1) is 19.6. The van der Waals surface area contributed by atoms with Gasteiger partial charge < -0.3 is 14.2 Å². The predicted molar refractivity (Wildman–Crippen MR) is 101 cm³/mol. The van der Waals surface area contributed by atoms with E-state index in [1.165, 1.54) is 19.4 Å². The van der Waals surface area contributed by atoms with Gasteiger partial charge in [0.05, 0.1) is 19.3 Å². The Morgan fingerprint density at radius 3 is 2.41 bits per heavy atom. The van der Waals surface area contributed by atoms with Crippen molar-refractivity contribution < 1.29 is 23.8 Å². The van der Waals surface area contributed by atoms with Crippen LogP contribution in [0.5, 0.6) is 5.75 Å². The molecule has 146 valence electrons. The Morgan fingerprint density at radius 2 is 1.81 bits per heavy atom. The zero-order valence-corrected chi connectivity index (χ0v) is 16.7. The van der Waals surface area contributed by atoms with E-state index in [0.29, 0.717) is 24.9 Å². The number of hydrogen-bond donors (Lipinski definition) is 0.